The van der Waals surface area contributed by atoms with Crippen LogP contribution in [0.2, 0.25) is 5.02 Å². The zero-order valence-corrected chi connectivity index (χ0v) is 11.6. The first-order valence-corrected chi connectivity index (χ1v) is 7.09. The first-order valence-electron chi connectivity index (χ1n) is 5.22. The summed E-state index contributed by atoms with van der Waals surface area (Å²) in [4.78, 5) is 7.15. The van der Waals surface area contributed by atoms with Crippen LogP contribution in [0, 0.1) is 12.8 Å². The monoisotopic (exact) mass is 277 g/mol. The van der Waals surface area contributed by atoms with Crippen molar-refractivity contribution in [3.63, 3.8) is 0 Å². The van der Waals surface area contributed by atoms with Crippen LogP contribution in [0.3, 0.4) is 0 Å². The Morgan fingerprint density at radius 3 is 2.65 bits per heavy atom. The van der Waals surface area contributed by atoms with Gasteiger partial charge in [-0.25, -0.2) is 8.42 Å². The molecule has 0 spiro atoms. The summed E-state index contributed by atoms with van der Waals surface area (Å²) in [5.74, 6) is 0.248. The van der Waals surface area contributed by atoms with E-state index >= 15 is 0 Å². The standard InChI is InChI=1S/C11H16ClNO3S/c1-8(2)7-16-13-17(14,15)11-6-10(12)5-4-9(11)3/h4-6,8,13H,7H2,1-3H3. The Kier molecular flexibility index (Phi) is 4.94. The van der Waals surface area contributed by atoms with Crippen molar-refractivity contribution in [1.29, 1.82) is 0 Å². The van der Waals surface area contributed by atoms with Crippen LogP contribution in [0.15, 0.2) is 23.1 Å². The van der Waals surface area contributed by atoms with Crippen LogP contribution in [0.25, 0.3) is 0 Å². The number of hydrogen-bond acceptors (Lipinski definition) is 3. The van der Waals surface area contributed by atoms with Crippen molar-refractivity contribution in [1.82, 2.24) is 4.89 Å². The maximum Gasteiger partial charge on any atom is 0.262 e. The number of halogens is 1. The normalized spacial score (nSPS) is 12.1. The van der Waals surface area contributed by atoms with Crippen molar-refractivity contribution in [2.24, 2.45) is 5.92 Å². The minimum atomic E-state index is -3.67. The minimum Gasteiger partial charge on any atom is -0.287 e. The molecular weight excluding hydrogens is 262 g/mol. The second-order valence-corrected chi connectivity index (χ2v) is 6.25. The summed E-state index contributed by atoms with van der Waals surface area (Å²) >= 11 is 5.77. The van der Waals surface area contributed by atoms with Crippen LogP contribution >= 0.6 is 11.6 Å². The summed E-state index contributed by atoms with van der Waals surface area (Å²) in [5.41, 5.74) is 0.620. The van der Waals surface area contributed by atoms with E-state index < -0.39 is 10.0 Å². The summed E-state index contributed by atoms with van der Waals surface area (Å²) < 4.78 is 23.8. The molecule has 0 saturated heterocycles. The zero-order valence-electron chi connectivity index (χ0n) is 10.0. The van der Waals surface area contributed by atoms with Gasteiger partial charge in [0.2, 0.25) is 0 Å². The van der Waals surface area contributed by atoms with E-state index in [1.807, 2.05) is 13.8 Å². The number of benzene rings is 1. The second-order valence-electron chi connectivity index (χ2n) is 4.20. The van der Waals surface area contributed by atoms with Gasteiger partial charge in [0.1, 0.15) is 0 Å². The molecular formula is C11H16ClNO3S. The molecule has 17 heavy (non-hydrogen) atoms. The smallest absolute Gasteiger partial charge is 0.262 e. The third-order valence-electron chi connectivity index (χ3n) is 2.03. The Morgan fingerprint density at radius 2 is 2.06 bits per heavy atom. The fourth-order valence-electron chi connectivity index (χ4n) is 1.19. The maximum atomic E-state index is 11.9. The van der Waals surface area contributed by atoms with Crippen LogP contribution in [0.1, 0.15) is 19.4 Å². The number of hydrogen-bond donors (Lipinski definition) is 1. The largest absolute Gasteiger partial charge is 0.287 e. The van der Waals surface area contributed by atoms with Crippen molar-refractivity contribution >= 4 is 21.6 Å². The Labute approximate surface area is 107 Å². The van der Waals surface area contributed by atoms with Crippen LogP contribution in [0.4, 0.5) is 0 Å². The molecule has 0 aliphatic rings. The van der Waals surface area contributed by atoms with Gasteiger partial charge in [-0.1, -0.05) is 36.4 Å². The van der Waals surface area contributed by atoms with Gasteiger partial charge in [-0.05, 0) is 30.5 Å². The fourth-order valence-corrected chi connectivity index (χ4v) is 2.51. The molecule has 1 rings (SSSR count). The highest BCUT2D eigenvalue weighted by molar-refractivity contribution is 7.89. The van der Waals surface area contributed by atoms with Gasteiger partial charge in [0.25, 0.3) is 10.0 Å². The lowest BCUT2D eigenvalue weighted by molar-refractivity contribution is 0.0718. The molecule has 0 saturated carbocycles. The third-order valence-corrected chi connectivity index (χ3v) is 3.62. The topological polar surface area (TPSA) is 55.4 Å². The van der Waals surface area contributed by atoms with E-state index in [0.717, 1.165) is 0 Å². The molecule has 0 unspecified atom stereocenters. The fraction of sp³-hybridized carbons (Fsp3) is 0.455. The molecule has 6 heteroatoms. The van der Waals surface area contributed by atoms with E-state index in [1.165, 1.54) is 6.07 Å². The highest BCUT2D eigenvalue weighted by Crippen LogP contribution is 2.19. The van der Waals surface area contributed by atoms with Gasteiger partial charge in [-0.2, -0.15) is 0 Å². The average Bonchev–Trinajstić information content (AvgIpc) is 2.20. The molecule has 96 valence electrons. The predicted octanol–water partition coefficient (Wildman–Crippen LogP) is 2.51. The maximum absolute atomic E-state index is 11.9. The second kappa shape index (κ2) is 5.82. The van der Waals surface area contributed by atoms with Gasteiger partial charge in [0.05, 0.1) is 11.5 Å². The van der Waals surface area contributed by atoms with Crippen molar-refractivity contribution < 1.29 is 13.3 Å². The summed E-state index contributed by atoms with van der Waals surface area (Å²) in [6, 6.07) is 4.70. The predicted molar refractivity (Wildman–Crippen MR) is 67.3 cm³/mol. The average molecular weight is 278 g/mol. The molecule has 0 aliphatic heterocycles. The van der Waals surface area contributed by atoms with Crippen LogP contribution in [0.5, 0.6) is 0 Å². The Balaban J connectivity index is 2.86. The SMILES string of the molecule is Cc1ccc(Cl)cc1S(=O)(=O)NOCC(C)C. The summed E-state index contributed by atoms with van der Waals surface area (Å²) in [6.07, 6.45) is 0. The van der Waals surface area contributed by atoms with Gasteiger partial charge in [-0.15, -0.1) is 0 Å². The lowest BCUT2D eigenvalue weighted by Crippen LogP contribution is -2.26. The summed E-state index contributed by atoms with van der Waals surface area (Å²) in [7, 11) is -3.67. The molecule has 0 bridgehead atoms. The van der Waals surface area contributed by atoms with Gasteiger partial charge in [0, 0.05) is 5.02 Å². The highest BCUT2D eigenvalue weighted by atomic mass is 35.5. The molecule has 0 amide bonds. The molecule has 1 aromatic rings. The van der Waals surface area contributed by atoms with Crippen molar-refractivity contribution in [2.45, 2.75) is 25.7 Å². The van der Waals surface area contributed by atoms with E-state index in [9.17, 15) is 8.42 Å². The van der Waals surface area contributed by atoms with Crippen LogP contribution in [-0.4, -0.2) is 15.0 Å². The van der Waals surface area contributed by atoms with E-state index in [-0.39, 0.29) is 10.8 Å². The lowest BCUT2D eigenvalue weighted by Gasteiger charge is -2.10. The van der Waals surface area contributed by atoms with Gasteiger partial charge in [-0.3, -0.25) is 4.84 Å². The number of rotatable bonds is 5. The lowest BCUT2D eigenvalue weighted by atomic mass is 10.2. The molecule has 0 heterocycles. The summed E-state index contributed by atoms with van der Waals surface area (Å²) in [5, 5.41) is 0.375. The molecule has 0 fully saturated rings. The van der Waals surface area contributed by atoms with E-state index in [0.29, 0.717) is 17.2 Å². The Hall–Kier alpha value is -0.620. The molecule has 1 N–H and O–H groups in total. The first kappa shape index (κ1) is 14.4. The highest BCUT2D eigenvalue weighted by Gasteiger charge is 2.17. The quantitative estimate of drug-likeness (QED) is 0.842. The zero-order chi connectivity index (χ0) is 13.1. The third kappa shape index (κ3) is 4.27. The van der Waals surface area contributed by atoms with E-state index in [2.05, 4.69) is 4.89 Å². The van der Waals surface area contributed by atoms with Crippen LogP contribution in [-0.2, 0) is 14.9 Å². The van der Waals surface area contributed by atoms with Gasteiger partial charge in [0.15, 0.2) is 0 Å². The van der Waals surface area contributed by atoms with Crippen molar-refractivity contribution in [3.8, 4) is 0 Å². The summed E-state index contributed by atoms with van der Waals surface area (Å²) in [6.45, 7) is 5.88. The van der Waals surface area contributed by atoms with Crippen molar-refractivity contribution in [3.05, 3.63) is 28.8 Å². The van der Waals surface area contributed by atoms with E-state index in [4.69, 9.17) is 16.4 Å². The number of sulfonamides is 1. The Bertz CT molecular complexity index is 485. The van der Waals surface area contributed by atoms with Crippen LogP contribution < -0.4 is 4.89 Å². The molecule has 0 radical (unpaired) electrons. The molecule has 0 aliphatic carbocycles. The molecule has 4 nitrogen and oxygen atoms in total. The van der Waals surface area contributed by atoms with Gasteiger partial charge < -0.3 is 0 Å². The number of nitrogens with one attached hydrogen (secondary N) is 1. The van der Waals surface area contributed by atoms with Gasteiger partial charge >= 0.3 is 0 Å². The molecule has 0 atom stereocenters. The van der Waals surface area contributed by atoms with E-state index in [1.54, 1.807) is 19.1 Å². The molecule has 0 aromatic heterocycles. The number of aryl methyl sites for hydroxylation is 1. The Morgan fingerprint density at radius 1 is 1.41 bits per heavy atom. The van der Waals surface area contributed by atoms with Crippen molar-refractivity contribution in [2.75, 3.05) is 6.61 Å². The minimum absolute atomic E-state index is 0.133. The first-order chi connectivity index (χ1) is 7.83. The molecule has 1 aromatic carbocycles.